The van der Waals surface area contributed by atoms with Gasteiger partial charge in [0, 0.05) is 18.6 Å². The largest absolute Gasteiger partial charge is 0.311 e. The molecule has 2 nitrogen and oxygen atoms in total. The molecule has 0 radical (unpaired) electrons. The maximum Gasteiger partial charge on any atom is 0.00967 e. The Morgan fingerprint density at radius 2 is 1.76 bits per heavy atom. The highest BCUT2D eigenvalue weighted by molar-refractivity contribution is 4.91. The Morgan fingerprint density at radius 1 is 1.14 bits per heavy atom. The van der Waals surface area contributed by atoms with Gasteiger partial charge in [-0.05, 0) is 70.9 Å². The molecule has 0 aromatic rings. The van der Waals surface area contributed by atoms with Gasteiger partial charge >= 0.3 is 0 Å². The first-order valence-corrected chi connectivity index (χ1v) is 9.27. The predicted molar refractivity (Wildman–Crippen MR) is 94.8 cm³/mol. The second kappa shape index (κ2) is 8.53. The summed E-state index contributed by atoms with van der Waals surface area (Å²) in [6.07, 6.45) is 8.21. The van der Waals surface area contributed by atoms with E-state index in [-0.39, 0.29) is 5.54 Å². The first kappa shape index (κ1) is 19.0. The molecule has 2 unspecified atom stereocenters. The first-order valence-electron chi connectivity index (χ1n) is 9.27. The zero-order chi connectivity index (χ0) is 15.9. The lowest BCUT2D eigenvalue weighted by molar-refractivity contribution is 0.0734. The number of nitrogens with one attached hydrogen (secondary N) is 1. The quantitative estimate of drug-likeness (QED) is 0.699. The van der Waals surface area contributed by atoms with Crippen LogP contribution >= 0.6 is 0 Å². The molecule has 2 atom stereocenters. The molecule has 0 heterocycles. The molecule has 0 bridgehead atoms. The van der Waals surface area contributed by atoms with Gasteiger partial charge in [-0.2, -0.15) is 0 Å². The van der Waals surface area contributed by atoms with Gasteiger partial charge in [0.2, 0.25) is 0 Å². The lowest BCUT2D eigenvalue weighted by atomic mass is 9.69. The van der Waals surface area contributed by atoms with E-state index in [1.807, 2.05) is 0 Å². The van der Waals surface area contributed by atoms with Gasteiger partial charge in [-0.25, -0.2) is 0 Å². The molecule has 126 valence electrons. The molecule has 1 rings (SSSR count). The molecule has 1 N–H and O–H groups in total. The van der Waals surface area contributed by atoms with Crippen LogP contribution in [0, 0.1) is 11.3 Å². The second-order valence-electron chi connectivity index (χ2n) is 8.58. The van der Waals surface area contributed by atoms with Crippen LogP contribution in [0.3, 0.4) is 0 Å². The van der Waals surface area contributed by atoms with E-state index in [4.69, 9.17) is 0 Å². The molecule has 1 saturated carbocycles. The van der Waals surface area contributed by atoms with Gasteiger partial charge in [0.15, 0.2) is 0 Å². The molecular weight excluding hydrogens is 256 g/mol. The zero-order valence-electron chi connectivity index (χ0n) is 15.6. The maximum absolute atomic E-state index is 3.82. The van der Waals surface area contributed by atoms with Crippen molar-refractivity contribution in [3.05, 3.63) is 0 Å². The summed E-state index contributed by atoms with van der Waals surface area (Å²) < 4.78 is 0. The third kappa shape index (κ3) is 7.15. The highest BCUT2D eigenvalue weighted by Gasteiger charge is 2.36. The lowest BCUT2D eigenvalue weighted by Crippen LogP contribution is -2.50. The van der Waals surface area contributed by atoms with Crippen molar-refractivity contribution in [2.24, 2.45) is 11.3 Å². The SMILES string of the molecule is CCCN(CCC)CC1(CNC(C)(C)C)CCCC(C)C1. The fraction of sp³-hybridized carbons (Fsp3) is 1.00. The van der Waals surface area contributed by atoms with Gasteiger partial charge in [-0.3, -0.25) is 0 Å². The minimum absolute atomic E-state index is 0.230. The van der Waals surface area contributed by atoms with Crippen LogP contribution in [0.5, 0.6) is 0 Å². The van der Waals surface area contributed by atoms with E-state index in [2.05, 4.69) is 51.8 Å². The summed E-state index contributed by atoms with van der Waals surface area (Å²) in [6.45, 7) is 19.0. The van der Waals surface area contributed by atoms with Crippen molar-refractivity contribution < 1.29 is 0 Å². The topological polar surface area (TPSA) is 15.3 Å². The summed E-state index contributed by atoms with van der Waals surface area (Å²) in [4.78, 5) is 2.72. The van der Waals surface area contributed by atoms with Gasteiger partial charge in [-0.15, -0.1) is 0 Å². The third-order valence-electron chi connectivity index (χ3n) is 4.82. The third-order valence-corrected chi connectivity index (χ3v) is 4.82. The molecule has 1 aliphatic rings. The fourth-order valence-electron chi connectivity index (χ4n) is 3.96. The van der Waals surface area contributed by atoms with Crippen LogP contribution < -0.4 is 5.32 Å². The molecule has 0 saturated heterocycles. The van der Waals surface area contributed by atoms with Gasteiger partial charge in [-0.1, -0.05) is 33.6 Å². The minimum atomic E-state index is 0.230. The van der Waals surface area contributed by atoms with Gasteiger partial charge in [0.25, 0.3) is 0 Å². The minimum Gasteiger partial charge on any atom is -0.311 e. The Balaban J connectivity index is 2.74. The summed E-state index contributed by atoms with van der Waals surface area (Å²) in [6, 6.07) is 0. The first-order chi connectivity index (χ1) is 9.80. The van der Waals surface area contributed by atoms with Gasteiger partial charge in [0.05, 0.1) is 0 Å². The van der Waals surface area contributed by atoms with Crippen molar-refractivity contribution in [1.82, 2.24) is 10.2 Å². The molecule has 1 aliphatic carbocycles. The highest BCUT2D eigenvalue weighted by Crippen LogP contribution is 2.40. The second-order valence-corrected chi connectivity index (χ2v) is 8.58. The van der Waals surface area contributed by atoms with E-state index in [9.17, 15) is 0 Å². The summed E-state index contributed by atoms with van der Waals surface area (Å²) in [5.74, 6) is 0.894. The predicted octanol–water partition coefficient (Wildman–Crippen LogP) is 4.69. The summed E-state index contributed by atoms with van der Waals surface area (Å²) in [5, 5.41) is 3.82. The standard InChI is InChI=1S/C19H40N2/c1-7-12-21(13-8-2)16-19(15-20-18(4,5)6)11-9-10-17(3)14-19/h17,20H,7-16H2,1-6H3. The Labute approximate surface area is 134 Å². The highest BCUT2D eigenvalue weighted by atomic mass is 15.1. The maximum atomic E-state index is 3.82. The van der Waals surface area contributed by atoms with E-state index < -0.39 is 0 Å². The van der Waals surface area contributed by atoms with Crippen LogP contribution in [-0.2, 0) is 0 Å². The van der Waals surface area contributed by atoms with E-state index in [0.29, 0.717) is 5.41 Å². The molecule has 0 amide bonds. The number of rotatable bonds is 8. The van der Waals surface area contributed by atoms with Crippen molar-refractivity contribution >= 4 is 0 Å². The van der Waals surface area contributed by atoms with E-state index in [1.165, 1.54) is 64.7 Å². The Kier molecular flexibility index (Phi) is 7.70. The summed E-state index contributed by atoms with van der Waals surface area (Å²) in [7, 11) is 0. The lowest BCUT2D eigenvalue weighted by Gasteiger charge is -2.45. The smallest absolute Gasteiger partial charge is 0.00967 e. The Morgan fingerprint density at radius 3 is 2.24 bits per heavy atom. The van der Waals surface area contributed by atoms with Crippen molar-refractivity contribution in [2.75, 3.05) is 26.2 Å². The van der Waals surface area contributed by atoms with Crippen molar-refractivity contribution in [3.8, 4) is 0 Å². The molecule has 0 aliphatic heterocycles. The molecule has 0 aromatic carbocycles. The monoisotopic (exact) mass is 296 g/mol. The van der Waals surface area contributed by atoms with E-state index >= 15 is 0 Å². The number of hydrogen-bond donors (Lipinski definition) is 1. The van der Waals surface area contributed by atoms with Crippen molar-refractivity contribution in [2.45, 2.75) is 85.6 Å². The van der Waals surface area contributed by atoms with Crippen LogP contribution in [-0.4, -0.2) is 36.6 Å². The van der Waals surface area contributed by atoms with Crippen LogP contribution in [0.4, 0.5) is 0 Å². The normalized spacial score (nSPS) is 27.3. The van der Waals surface area contributed by atoms with Crippen LogP contribution in [0.25, 0.3) is 0 Å². The molecule has 1 fully saturated rings. The Hall–Kier alpha value is -0.0800. The van der Waals surface area contributed by atoms with Crippen molar-refractivity contribution in [1.29, 1.82) is 0 Å². The van der Waals surface area contributed by atoms with Gasteiger partial charge < -0.3 is 10.2 Å². The zero-order valence-corrected chi connectivity index (χ0v) is 15.6. The molecule has 0 aromatic heterocycles. The van der Waals surface area contributed by atoms with E-state index in [1.54, 1.807) is 0 Å². The van der Waals surface area contributed by atoms with Gasteiger partial charge in [0.1, 0.15) is 0 Å². The van der Waals surface area contributed by atoms with Crippen molar-refractivity contribution in [3.63, 3.8) is 0 Å². The number of hydrogen-bond acceptors (Lipinski definition) is 2. The summed E-state index contributed by atoms with van der Waals surface area (Å²) in [5.41, 5.74) is 0.726. The molecule has 0 spiro atoms. The molecule has 21 heavy (non-hydrogen) atoms. The average molecular weight is 297 g/mol. The van der Waals surface area contributed by atoms with Crippen LogP contribution in [0.2, 0.25) is 0 Å². The molecular formula is C19H40N2. The Bertz CT molecular complexity index is 276. The average Bonchev–Trinajstić information content (AvgIpc) is 2.36. The fourth-order valence-corrected chi connectivity index (χ4v) is 3.96. The molecule has 2 heteroatoms. The van der Waals surface area contributed by atoms with Crippen LogP contribution in [0.1, 0.15) is 80.1 Å². The van der Waals surface area contributed by atoms with E-state index in [0.717, 1.165) is 5.92 Å². The number of nitrogens with zero attached hydrogens (tertiary/aromatic N) is 1. The van der Waals surface area contributed by atoms with Crippen LogP contribution in [0.15, 0.2) is 0 Å². The summed E-state index contributed by atoms with van der Waals surface area (Å²) >= 11 is 0.